The molecule has 2 aromatic carbocycles. The topological polar surface area (TPSA) is 102 Å². The Morgan fingerprint density at radius 2 is 1.72 bits per heavy atom. The first-order valence-electron chi connectivity index (χ1n) is 9.41. The number of nitro benzene ring substituents is 1. The van der Waals surface area contributed by atoms with E-state index in [2.05, 4.69) is 31.0 Å². The zero-order valence-corrected chi connectivity index (χ0v) is 17.0. The van der Waals surface area contributed by atoms with Crippen molar-refractivity contribution in [3.63, 3.8) is 0 Å². The highest BCUT2D eigenvalue weighted by atomic mass is 16.6. The van der Waals surface area contributed by atoms with E-state index in [0.29, 0.717) is 11.7 Å². The fourth-order valence-electron chi connectivity index (χ4n) is 2.97. The summed E-state index contributed by atoms with van der Waals surface area (Å²) in [6.45, 7) is 8.88. The van der Waals surface area contributed by atoms with Crippen molar-refractivity contribution in [2.75, 3.05) is 23.4 Å². The van der Waals surface area contributed by atoms with Gasteiger partial charge in [0.15, 0.2) is 0 Å². The first-order chi connectivity index (χ1) is 13.8. The van der Waals surface area contributed by atoms with Crippen LogP contribution in [0.4, 0.5) is 17.1 Å². The lowest BCUT2D eigenvalue weighted by atomic mass is 10.1. The lowest BCUT2D eigenvalue weighted by Crippen LogP contribution is -2.30. The van der Waals surface area contributed by atoms with Crippen LogP contribution in [0.3, 0.4) is 0 Å². The molecule has 1 amide bonds. The predicted octanol–water partition coefficient (Wildman–Crippen LogP) is 4.26. The largest absolute Gasteiger partial charge is 0.462 e. The summed E-state index contributed by atoms with van der Waals surface area (Å²) in [4.78, 5) is 37.3. The number of benzene rings is 2. The number of hydrogen-bond donors (Lipinski definition) is 1. The average molecular weight is 399 g/mol. The molecule has 0 bridgehead atoms. The van der Waals surface area contributed by atoms with Gasteiger partial charge in [0.2, 0.25) is 0 Å². The summed E-state index contributed by atoms with van der Waals surface area (Å²) >= 11 is 0. The van der Waals surface area contributed by atoms with Crippen molar-refractivity contribution < 1.29 is 19.2 Å². The van der Waals surface area contributed by atoms with Gasteiger partial charge in [-0.1, -0.05) is 0 Å². The van der Waals surface area contributed by atoms with Gasteiger partial charge in [0.05, 0.1) is 17.1 Å². The molecule has 8 nitrogen and oxygen atoms in total. The predicted molar refractivity (Wildman–Crippen MR) is 112 cm³/mol. The zero-order chi connectivity index (χ0) is 21.6. The second kappa shape index (κ2) is 9.68. The number of amides is 1. The number of non-ortho nitro benzene ring substituents is 1. The molecule has 0 aliphatic carbocycles. The van der Waals surface area contributed by atoms with E-state index < -0.39 is 16.8 Å². The Labute approximate surface area is 169 Å². The van der Waals surface area contributed by atoms with Gasteiger partial charge in [0, 0.05) is 41.7 Å². The van der Waals surface area contributed by atoms with Crippen molar-refractivity contribution in [2.45, 2.75) is 33.7 Å². The van der Waals surface area contributed by atoms with Crippen LogP contribution < -0.4 is 10.2 Å². The number of carbonyl (C=O) groups is 2. The molecule has 0 atom stereocenters. The van der Waals surface area contributed by atoms with Gasteiger partial charge < -0.3 is 15.0 Å². The number of anilines is 2. The molecule has 0 unspecified atom stereocenters. The molecular formula is C21H25N3O5. The highest BCUT2D eigenvalue weighted by molar-refractivity contribution is 6.06. The second-order valence-electron chi connectivity index (χ2n) is 6.63. The summed E-state index contributed by atoms with van der Waals surface area (Å²) in [5.41, 5.74) is 1.18. The second-order valence-corrected chi connectivity index (χ2v) is 6.63. The van der Waals surface area contributed by atoms with Gasteiger partial charge in [0.25, 0.3) is 11.6 Å². The summed E-state index contributed by atoms with van der Waals surface area (Å²) in [5, 5.41) is 13.9. The highest BCUT2D eigenvalue weighted by Crippen LogP contribution is 2.22. The van der Waals surface area contributed by atoms with Crippen LogP contribution >= 0.6 is 0 Å². The molecule has 0 aromatic heterocycles. The first-order valence-corrected chi connectivity index (χ1v) is 9.41. The highest BCUT2D eigenvalue weighted by Gasteiger charge is 2.19. The SMILES string of the molecule is CCOC(=O)c1cc(C(=O)Nc2ccc(N(CC)C(C)C)cc2)cc([N+](=O)[O-])c1. The molecule has 154 valence electrons. The molecular weight excluding hydrogens is 374 g/mol. The van der Waals surface area contributed by atoms with Crippen LogP contribution in [-0.2, 0) is 4.74 Å². The van der Waals surface area contributed by atoms with Gasteiger partial charge in [-0.25, -0.2) is 4.79 Å². The van der Waals surface area contributed by atoms with Crippen LogP contribution in [0.15, 0.2) is 42.5 Å². The lowest BCUT2D eigenvalue weighted by Gasteiger charge is -2.27. The Kier molecular flexibility index (Phi) is 7.30. The third-order valence-corrected chi connectivity index (χ3v) is 4.32. The molecule has 1 N–H and O–H groups in total. The number of carbonyl (C=O) groups excluding carboxylic acids is 2. The maximum absolute atomic E-state index is 12.6. The van der Waals surface area contributed by atoms with Crippen LogP contribution in [0.25, 0.3) is 0 Å². The van der Waals surface area contributed by atoms with Gasteiger partial charge in [0.1, 0.15) is 0 Å². The van der Waals surface area contributed by atoms with Crippen LogP contribution in [0.1, 0.15) is 48.4 Å². The Bertz CT molecular complexity index is 894. The summed E-state index contributed by atoms with van der Waals surface area (Å²) in [5.74, 6) is -1.27. The Balaban J connectivity index is 2.25. The van der Waals surface area contributed by atoms with Crippen molar-refractivity contribution in [3.05, 3.63) is 63.7 Å². The maximum Gasteiger partial charge on any atom is 0.338 e. The smallest absolute Gasteiger partial charge is 0.338 e. The molecule has 8 heteroatoms. The standard InChI is InChI=1S/C21H25N3O5/c1-5-23(14(3)4)18-9-7-17(8-10-18)22-20(25)15-11-16(21(26)29-6-2)13-19(12-15)24(27)28/h7-14H,5-6H2,1-4H3,(H,22,25). The van der Waals surface area contributed by atoms with Crippen molar-refractivity contribution in [1.82, 2.24) is 0 Å². The number of nitrogens with zero attached hydrogens (tertiary/aromatic N) is 2. The average Bonchev–Trinajstić information content (AvgIpc) is 2.69. The molecule has 0 fully saturated rings. The molecule has 0 saturated heterocycles. The zero-order valence-electron chi connectivity index (χ0n) is 17.0. The Morgan fingerprint density at radius 1 is 1.10 bits per heavy atom. The van der Waals surface area contributed by atoms with E-state index in [0.717, 1.165) is 24.4 Å². The summed E-state index contributed by atoms with van der Waals surface area (Å²) in [7, 11) is 0. The Hall–Kier alpha value is -3.42. The van der Waals surface area contributed by atoms with Crippen LogP contribution in [0.2, 0.25) is 0 Å². The molecule has 0 aliphatic heterocycles. The van der Waals surface area contributed by atoms with Crippen LogP contribution in [-0.4, -0.2) is 36.0 Å². The van der Waals surface area contributed by atoms with E-state index in [1.54, 1.807) is 19.1 Å². The number of esters is 1. The van der Waals surface area contributed by atoms with Crippen molar-refractivity contribution in [2.24, 2.45) is 0 Å². The molecule has 0 spiro atoms. The number of nitrogens with one attached hydrogen (secondary N) is 1. The van der Waals surface area contributed by atoms with Crippen molar-refractivity contribution in [3.8, 4) is 0 Å². The van der Waals surface area contributed by atoms with E-state index >= 15 is 0 Å². The molecule has 0 heterocycles. The van der Waals surface area contributed by atoms with Gasteiger partial charge in [-0.3, -0.25) is 14.9 Å². The van der Waals surface area contributed by atoms with E-state index in [1.165, 1.54) is 6.07 Å². The van der Waals surface area contributed by atoms with Crippen LogP contribution in [0.5, 0.6) is 0 Å². The third kappa shape index (κ3) is 5.54. The van der Waals surface area contributed by atoms with E-state index in [-0.39, 0.29) is 23.4 Å². The quantitative estimate of drug-likeness (QED) is 0.404. The molecule has 0 saturated carbocycles. The normalized spacial score (nSPS) is 10.5. The third-order valence-electron chi connectivity index (χ3n) is 4.32. The minimum absolute atomic E-state index is 0.00342. The monoisotopic (exact) mass is 399 g/mol. The van der Waals surface area contributed by atoms with Crippen molar-refractivity contribution in [1.29, 1.82) is 0 Å². The molecule has 2 rings (SSSR count). The van der Waals surface area contributed by atoms with E-state index in [9.17, 15) is 19.7 Å². The number of rotatable bonds is 8. The fraction of sp³-hybridized carbons (Fsp3) is 0.333. The fourth-order valence-corrected chi connectivity index (χ4v) is 2.97. The molecule has 29 heavy (non-hydrogen) atoms. The van der Waals surface area contributed by atoms with Gasteiger partial charge in [-0.2, -0.15) is 0 Å². The number of ether oxygens (including phenoxy) is 1. The molecule has 0 aliphatic rings. The summed E-state index contributed by atoms with van der Waals surface area (Å²) in [6.07, 6.45) is 0. The lowest BCUT2D eigenvalue weighted by molar-refractivity contribution is -0.384. The minimum Gasteiger partial charge on any atom is -0.462 e. The number of hydrogen-bond acceptors (Lipinski definition) is 6. The van der Waals surface area contributed by atoms with Gasteiger partial charge in [-0.05, 0) is 58.0 Å². The van der Waals surface area contributed by atoms with Gasteiger partial charge >= 0.3 is 5.97 Å². The first kappa shape index (κ1) is 21.9. The number of nitro groups is 1. The van der Waals surface area contributed by atoms with Gasteiger partial charge in [-0.15, -0.1) is 0 Å². The van der Waals surface area contributed by atoms with Crippen molar-refractivity contribution >= 4 is 28.9 Å². The molecule has 2 aromatic rings. The van der Waals surface area contributed by atoms with Crippen LogP contribution in [0, 0.1) is 10.1 Å². The Morgan fingerprint density at radius 3 is 2.24 bits per heavy atom. The maximum atomic E-state index is 12.6. The molecule has 0 radical (unpaired) electrons. The van der Waals surface area contributed by atoms with E-state index in [1.807, 2.05) is 12.1 Å². The summed E-state index contributed by atoms with van der Waals surface area (Å²) in [6, 6.07) is 11.2. The van der Waals surface area contributed by atoms with E-state index in [4.69, 9.17) is 4.74 Å². The minimum atomic E-state index is -0.719. The summed E-state index contributed by atoms with van der Waals surface area (Å²) < 4.78 is 4.88.